The Morgan fingerprint density at radius 1 is 1.37 bits per heavy atom. The second kappa shape index (κ2) is 7.58. The van der Waals surface area contributed by atoms with Crippen molar-refractivity contribution in [2.24, 2.45) is 0 Å². The molecule has 1 fully saturated rings. The summed E-state index contributed by atoms with van der Waals surface area (Å²) in [5, 5.41) is 0. The van der Waals surface area contributed by atoms with Gasteiger partial charge in [-0.1, -0.05) is 6.07 Å². The summed E-state index contributed by atoms with van der Waals surface area (Å²) in [6.07, 6.45) is 2.34. The van der Waals surface area contributed by atoms with E-state index in [9.17, 15) is 0 Å². The van der Waals surface area contributed by atoms with E-state index in [1.165, 1.54) is 0 Å². The van der Waals surface area contributed by atoms with Gasteiger partial charge in [0.15, 0.2) is 0 Å². The van der Waals surface area contributed by atoms with E-state index in [1.54, 1.807) is 0 Å². The molecule has 4 heteroatoms. The van der Waals surface area contributed by atoms with Gasteiger partial charge in [0, 0.05) is 18.7 Å². The van der Waals surface area contributed by atoms with Crippen molar-refractivity contribution in [3.05, 3.63) is 29.6 Å². The highest BCUT2D eigenvalue weighted by atomic mass is 16.5. The van der Waals surface area contributed by atoms with Crippen molar-refractivity contribution >= 4 is 0 Å². The summed E-state index contributed by atoms with van der Waals surface area (Å²) in [6.45, 7) is 6.88. The Labute approximate surface area is 115 Å². The highest BCUT2D eigenvalue weighted by Gasteiger charge is 2.16. The van der Waals surface area contributed by atoms with Crippen LogP contribution in [0.25, 0.3) is 0 Å². The van der Waals surface area contributed by atoms with Gasteiger partial charge in [-0.15, -0.1) is 0 Å². The van der Waals surface area contributed by atoms with Gasteiger partial charge >= 0.3 is 0 Å². The molecule has 0 spiro atoms. The van der Waals surface area contributed by atoms with E-state index < -0.39 is 0 Å². The molecule has 0 amide bonds. The van der Waals surface area contributed by atoms with Crippen molar-refractivity contribution < 1.29 is 14.2 Å². The van der Waals surface area contributed by atoms with Crippen LogP contribution in [-0.4, -0.2) is 37.0 Å². The molecule has 2 heterocycles. The molecule has 0 N–H and O–H groups in total. The maximum Gasteiger partial charge on any atom is 0.0892 e. The van der Waals surface area contributed by atoms with Gasteiger partial charge in [0.2, 0.25) is 0 Å². The second-order valence-corrected chi connectivity index (χ2v) is 5.09. The SMILES string of the molecule is CC(C)OCCc1cccc(COC2CCOC2)n1. The highest BCUT2D eigenvalue weighted by molar-refractivity contribution is 5.10. The molecule has 1 atom stereocenters. The lowest BCUT2D eigenvalue weighted by Gasteiger charge is -2.10. The van der Waals surface area contributed by atoms with Crippen LogP contribution >= 0.6 is 0 Å². The number of hydrogen-bond acceptors (Lipinski definition) is 4. The zero-order valence-corrected chi connectivity index (χ0v) is 11.8. The van der Waals surface area contributed by atoms with Crippen LogP contribution in [0, 0.1) is 0 Å². The first-order valence-electron chi connectivity index (χ1n) is 7.00. The van der Waals surface area contributed by atoms with Crippen LogP contribution < -0.4 is 0 Å². The molecule has 1 aromatic rings. The molecular formula is C15H23NO3. The van der Waals surface area contributed by atoms with Gasteiger partial charge in [-0.2, -0.15) is 0 Å². The normalized spacial score (nSPS) is 19.2. The monoisotopic (exact) mass is 265 g/mol. The zero-order chi connectivity index (χ0) is 13.5. The van der Waals surface area contributed by atoms with E-state index in [2.05, 4.69) is 4.98 Å². The summed E-state index contributed by atoms with van der Waals surface area (Å²) in [5.74, 6) is 0. The first-order valence-corrected chi connectivity index (χ1v) is 7.00. The topological polar surface area (TPSA) is 40.6 Å². The lowest BCUT2D eigenvalue weighted by Crippen LogP contribution is -2.13. The largest absolute Gasteiger partial charge is 0.379 e. The summed E-state index contributed by atoms with van der Waals surface area (Å²) in [4.78, 5) is 4.58. The summed E-state index contributed by atoms with van der Waals surface area (Å²) < 4.78 is 16.6. The molecule has 4 nitrogen and oxygen atoms in total. The summed E-state index contributed by atoms with van der Waals surface area (Å²) in [5.41, 5.74) is 2.04. The number of nitrogens with zero attached hydrogens (tertiary/aromatic N) is 1. The molecule has 1 unspecified atom stereocenters. The van der Waals surface area contributed by atoms with Gasteiger partial charge in [0.25, 0.3) is 0 Å². The molecule has 1 saturated heterocycles. The molecule has 0 bridgehead atoms. The minimum absolute atomic E-state index is 0.231. The molecule has 19 heavy (non-hydrogen) atoms. The summed E-state index contributed by atoms with van der Waals surface area (Å²) in [7, 11) is 0. The van der Waals surface area contributed by atoms with Crippen molar-refractivity contribution in [2.75, 3.05) is 19.8 Å². The molecule has 2 rings (SSSR count). The van der Waals surface area contributed by atoms with E-state index in [-0.39, 0.29) is 12.2 Å². The molecule has 0 saturated carbocycles. The van der Waals surface area contributed by atoms with Crippen molar-refractivity contribution in [1.29, 1.82) is 0 Å². The molecule has 0 radical (unpaired) electrons. The van der Waals surface area contributed by atoms with Crippen LogP contribution in [0.15, 0.2) is 18.2 Å². The third kappa shape index (κ3) is 5.27. The number of pyridine rings is 1. The van der Waals surface area contributed by atoms with Gasteiger partial charge < -0.3 is 14.2 Å². The molecule has 106 valence electrons. The fourth-order valence-electron chi connectivity index (χ4n) is 2.00. The Hall–Kier alpha value is -0.970. The van der Waals surface area contributed by atoms with Gasteiger partial charge in [0.05, 0.1) is 37.7 Å². The van der Waals surface area contributed by atoms with Crippen LogP contribution in [0.4, 0.5) is 0 Å². The average Bonchev–Trinajstić information content (AvgIpc) is 2.89. The van der Waals surface area contributed by atoms with E-state index in [1.807, 2.05) is 32.0 Å². The van der Waals surface area contributed by atoms with E-state index >= 15 is 0 Å². The number of ether oxygens (including phenoxy) is 3. The summed E-state index contributed by atoms with van der Waals surface area (Å²) >= 11 is 0. The van der Waals surface area contributed by atoms with Gasteiger partial charge in [-0.25, -0.2) is 0 Å². The average molecular weight is 265 g/mol. The van der Waals surface area contributed by atoms with Gasteiger partial charge in [0.1, 0.15) is 0 Å². The number of hydrogen-bond donors (Lipinski definition) is 0. The zero-order valence-electron chi connectivity index (χ0n) is 11.8. The van der Waals surface area contributed by atoms with Crippen molar-refractivity contribution in [3.8, 4) is 0 Å². The van der Waals surface area contributed by atoms with Crippen LogP contribution in [0.3, 0.4) is 0 Å². The van der Waals surface area contributed by atoms with Crippen LogP contribution in [-0.2, 0) is 27.2 Å². The van der Waals surface area contributed by atoms with E-state index in [0.29, 0.717) is 19.8 Å². The molecular weight excluding hydrogens is 242 g/mol. The maximum atomic E-state index is 5.77. The minimum Gasteiger partial charge on any atom is -0.379 e. The Kier molecular flexibility index (Phi) is 5.76. The maximum absolute atomic E-state index is 5.77. The first-order chi connectivity index (χ1) is 9.24. The smallest absolute Gasteiger partial charge is 0.0892 e. The van der Waals surface area contributed by atoms with Crippen molar-refractivity contribution in [2.45, 2.75) is 45.5 Å². The second-order valence-electron chi connectivity index (χ2n) is 5.09. The Balaban J connectivity index is 1.77. The third-order valence-corrected chi connectivity index (χ3v) is 3.03. The third-order valence-electron chi connectivity index (χ3n) is 3.03. The van der Waals surface area contributed by atoms with Crippen LogP contribution in [0.5, 0.6) is 0 Å². The quantitative estimate of drug-likeness (QED) is 0.759. The highest BCUT2D eigenvalue weighted by Crippen LogP contribution is 2.11. The van der Waals surface area contributed by atoms with Crippen LogP contribution in [0.2, 0.25) is 0 Å². The minimum atomic E-state index is 0.231. The Bertz CT molecular complexity index is 375. The van der Waals surface area contributed by atoms with Crippen LogP contribution in [0.1, 0.15) is 31.7 Å². The molecule has 0 aliphatic carbocycles. The predicted octanol–water partition coefficient (Wildman–Crippen LogP) is 2.35. The molecule has 1 aliphatic rings. The Morgan fingerprint density at radius 2 is 2.21 bits per heavy atom. The first kappa shape index (κ1) is 14.4. The number of rotatable bonds is 7. The van der Waals surface area contributed by atoms with E-state index in [0.717, 1.165) is 30.8 Å². The lowest BCUT2D eigenvalue weighted by molar-refractivity contribution is 0.0300. The van der Waals surface area contributed by atoms with Crippen molar-refractivity contribution in [3.63, 3.8) is 0 Å². The fourth-order valence-corrected chi connectivity index (χ4v) is 2.00. The predicted molar refractivity (Wildman–Crippen MR) is 73.0 cm³/mol. The Morgan fingerprint density at radius 3 is 2.95 bits per heavy atom. The molecule has 1 aromatic heterocycles. The van der Waals surface area contributed by atoms with Gasteiger partial charge in [-0.05, 0) is 32.4 Å². The molecule has 1 aliphatic heterocycles. The van der Waals surface area contributed by atoms with Crippen molar-refractivity contribution in [1.82, 2.24) is 4.98 Å². The fraction of sp³-hybridized carbons (Fsp3) is 0.667. The summed E-state index contributed by atoms with van der Waals surface area (Å²) in [6, 6.07) is 6.07. The standard InChI is InChI=1S/C15H23NO3/c1-12(2)18-9-6-13-4-3-5-14(16-13)10-19-15-7-8-17-11-15/h3-5,12,15H,6-11H2,1-2H3. The van der Waals surface area contributed by atoms with E-state index in [4.69, 9.17) is 14.2 Å². The lowest BCUT2D eigenvalue weighted by atomic mass is 10.2. The van der Waals surface area contributed by atoms with Gasteiger partial charge in [-0.3, -0.25) is 4.98 Å². The molecule has 0 aromatic carbocycles. The number of aromatic nitrogens is 1.